The molecule has 25 heavy (non-hydrogen) atoms. The van der Waals surface area contributed by atoms with Crippen LogP contribution in [0.2, 0.25) is 10.0 Å². The number of carbonyl (C=O) groups is 2. The van der Waals surface area contributed by atoms with Crippen molar-refractivity contribution in [1.82, 2.24) is 15.2 Å². The highest BCUT2D eigenvalue weighted by Crippen LogP contribution is 2.29. The second kappa shape index (κ2) is 6.63. The first kappa shape index (κ1) is 17.7. The van der Waals surface area contributed by atoms with Crippen molar-refractivity contribution in [3.63, 3.8) is 0 Å². The van der Waals surface area contributed by atoms with Gasteiger partial charge in [0.1, 0.15) is 5.57 Å². The molecule has 0 radical (unpaired) electrons. The molecule has 2 N–H and O–H groups in total. The average Bonchev–Trinajstić information content (AvgIpc) is 2.80. The van der Waals surface area contributed by atoms with Crippen molar-refractivity contribution in [1.29, 1.82) is 0 Å². The smallest absolute Gasteiger partial charge is 0.263 e. The largest absolute Gasteiger partial charge is 0.316 e. The van der Waals surface area contributed by atoms with E-state index >= 15 is 0 Å². The predicted molar refractivity (Wildman–Crippen MR) is 102 cm³/mol. The highest BCUT2D eigenvalue weighted by molar-refractivity contribution is 7.80. The van der Waals surface area contributed by atoms with Gasteiger partial charge in [0.25, 0.3) is 11.8 Å². The molecule has 1 fully saturated rings. The van der Waals surface area contributed by atoms with Crippen LogP contribution in [0.4, 0.5) is 0 Å². The zero-order valence-electron chi connectivity index (χ0n) is 13.3. The first-order valence-electron chi connectivity index (χ1n) is 7.30. The second-order valence-electron chi connectivity index (χ2n) is 5.55. The topological polar surface area (TPSA) is 63.1 Å². The first-order valence-corrected chi connectivity index (χ1v) is 8.47. The Labute approximate surface area is 159 Å². The van der Waals surface area contributed by atoms with E-state index in [1.165, 1.54) is 6.08 Å². The van der Waals surface area contributed by atoms with Gasteiger partial charge >= 0.3 is 0 Å². The molecule has 0 atom stereocenters. The van der Waals surface area contributed by atoms with Crippen molar-refractivity contribution in [2.45, 2.75) is 13.8 Å². The normalized spacial score (nSPS) is 14.4. The molecule has 0 bridgehead atoms. The van der Waals surface area contributed by atoms with Gasteiger partial charge in [0, 0.05) is 16.4 Å². The highest BCUT2D eigenvalue weighted by Gasteiger charge is 2.26. The number of rotatable bonds is 2. The summed E-state index contributed by atoms with van der Waals surface area (Å²) in [5.41, 5.74) is 3.16. The molecule has 2 amide bonds. The number of hydrogen-bond acceptors (Lipinski definition) is 3. The van der Waals surface area contributed by atoms with Crippen LogP contribution in [0.5, 0.6) is 0 Å². The van der Waals surface area contributed by atoms with Gasteiger partial charge in [-0.15, -0.1) is 0 Å². The monoisotopic (exact) mass is 393 g/mol. The predicted octanol–water partition coefficient (Wildman–Crippen LogP) is 3.32. The third-order valence-electron chi connectivity index (χ3n) is 3.86. The standard InChI is InChI=1S/C17H13Cl2N3O2S/c1-8-5-10(6-12-15(23)20-17(25)21-16(12)24)9(2)22(8)14-7-11(18)3-4-13(14)19/h3-7H,1-2H3,(H2,20,21,23,24,25). The average molecular weight is 394 g/mol. The number of nitrogens with one attached hydrogen (secondary N) is 2. The van der Waals surface area contributed by atoms with Gasteiger partial charge in [-0.25, -0.2) is 0 Å². The van der Waals surface area contributed by atoms with E-state index in [0.717, 1.165) is 22.6 Å². The number of benzene rings is 1. The van der Waals surface area contributed by atoms with Gasteiger partial charge in [-0.3, -0.25) is 20.2 Å². The molecule has 1 saturated heterocycles. The van der Waals surface area contributed by atoms with Crippen LogP contribution in [0.25, 0.3) is 11.8 Å². The Morgan fingerprint density at radius 1 is 1.08 bits per heavy atom. The van der Waals surface area contributed by atoms with Crippen LogP contribution in [-0.4, -0.2) is 21.5 Å². The Balaban J connectivity index is 2.11. The van der Waals surface area contributed by atoms with Gasteiger partial charge in [-0.1, -0.05) is 23.2 Å². The van der Waals surface area contributed by atoms with E-state index in [9.17, 15) is 9.59 Å². The van der Waals surface area contributed by atoms with Crippen molar-refractivity contribution in [3.05, 3.63) is 56.8 Å². The summed E-state index contributed by atoms with van der Waals surface area (Å²) >= 11 is 17.2. The van der Waals surface area contributed by atoms with E-state index < -0.39 is 11.8 Å². The third kappa shape index (κ3) is 3.33. The lowest BCUT2D eigenvalue weighted by molar-refractivity contribution is -0.123. The van der Waals surface area contributed by atoms with Gasteiger partial charge < -0.3 is 4.57 Å². The lowest BCUT2D eigenvalue weighted by Gasteiger charge is -2.16. The Hall–Kier alpha value is -2.15. The molecule has 0 aliphatic carbocycles. The minimum absolute atomic E-state index is 0.00309. The van der Waals surface area contributed by atoms with Crippen molar-refractivity contribution in [2.75, 3.05) is 0 Å². The summed E-state index contributed by atoms with van der Waals surface area (Å²) in [5.74, 6) is -1.06. The molecular formula is C17H13Cl2N3O2S. The Kier molecular flexibility index (Phi) is 4.69. The van der Waals surface area contributed by atoms with Crippen LogP contribution >= 0.6 is 35.4 Å². The molecule has 1 aliphatic heterocycles. The third-order valence-corrected chi connectivity index (χ3v) is 4.62. The molecular weight excluding hydrogens is 381 g/mol. The number of carbonyl (C=O) groups excluding carboxylic acids is 2. The molecule has 2 heterocycles. The van der Waals surface area contributed by atoms with Crippen LogP contribution in [-0.2, 0) is 9.59 Å². The van der Waals surface area contributed by atoms with Gasteiger partial charge in [0.05, 0.1) is 10.7 Å². The fraction of sp³-hybridized carbons (Fsp3) is 0.118. The number of amides is 2. The summed E-state index contributed by atoms with van der Waals surface area (Å²) in [6, 6.07) is 7.07. The lowest BCUT2D eigenvalue weighted by atomic mass is 10.1. The summed E-state index contributed by atoms with van der Waals surface area (Å²) in [6.07, 6.45) is 1.53. The molecule has 1 aromatic heterocycles. The molecule has 8 heteroatoms. The molecule has 0 unspecified atom stereocenters. The summed E-state index contributed by atoms with van der Waals surface area (Å²) < 4.78 is 1.92. The molecule has 3 rings (SSSR count). The van der Waals surface area contributed by atoms with Crippen LogP contribution in [0, 0.1) is 13.8 Å². The van der Waals surface area contributed by atoms with E-state index in [-0.39, 0.29) is 10.7 Å². The van der Waals surface area contributed by atoms with E-state index in [2.05, 4.69) is 10.6 Å². The maximum absolute atomic E-state index is 12.0. The van der Waals surface area contributed by atoms with Crippen LogP contribution in [0.3, 0.4) is 0 Å². The summed E-state index contributed by atoms with van der Waals surface area (Å²) in [6.45, 7) is 3.78. The number of aryl methyl sites for hydroxylation is 1. The van der Waals surface area contributed by atoms with E-state index in [0.29, 0.717) is 10.0 Å². The Morgan fingerprint density at radius 2 is 1.72 bits per heavy atom. The minimum atomic E-state index is -0.528. The molecule has 2 aromatic rings. The number of hydrogen-bond donors (Lipinski definition) is 2. The zero-order chi connectivity index (χ0) is 18.3. The molecule has 0 spiro atoms. The number of thiocarbonyl (C=S) groups is 1. The summed E-state index contributed by atoms with van der Waals surface area (Å²) in [4.78, 5) is 24.0. The molecule has 1 aromatic carbocycles. The van der Waals surface area contributed by atoms with E-state index in [1.54, 1.807) is 18.2 Å². The fourth-order valence-corrected chi connectivity index (χ4v) is 3.28. The molecule has 1 aliphatic rings. The SMILES string of the molecule is Cc1cc(C=C2C(=O)NC(=S)NC2=O)c(C)n1-c1cc(Cl)ccc1Cl. The fourth-order valence-electron chi connectivity index (χ4n) is 2.72. The second-order valence-corrected chi connectivity index (χ2v) is 6.80. The van der Waals surface area contributed by atoms with Crippen LogP contribution in [0.15, 0.2) is 29.8 Å². The maximum atomic E-state index is 12.0. The van der Waals surface area contributed by atoms with Gasteiger partial charge in [0.2, 0.25) is 0 Å². The number of halogens is 2. The molecule has 128 valence electrons. The van der Waals surface area contributed by atoms with Gasteiger partial charge in [0.15, 0.2) is 5.11 Å². The van der Waals surface area contributed by atoms with Gasteiger partial charge in [-0.2, -0.15) is 0 Å². The lowest BCUT2D eigenvalue weighted by Crippen LogP contribution is -2.51. The van der Waals surface area contributed by atoms with Crippen molar-refractivity contribution < 1.29 is 9.59 Å². The van der Waals surface area contributed by atoms with E-state index in [1.807, 2.05) is 24.5 Å². The molecule has 5 nitrogen and oxygen atoms in total. The van der Waals surface area contributed by atoms with Crippen LogP contribution in [0.1, 0.15) is 17.0 Å². The van der Waals surface area contributed by atoms with E-state index in [4.69, 9.17) is 35.4 Å². The summed E-state index contributed by atoms with van der Waals surface area (Å²) in [7, 11) is 0. The van der Waals surface area contributed by atoms with Crippen molar-refractivity contribution in [2.24, 2.45) is 0 Å². The van der Waals surface area contributed by atoms with Gasteiger partial charge in [-0.05, 0) is 62.0 Å². The van der Waals surface area contributed by atoms with Crippen LogP contribution < -0.4 is 10.6 Å². The quantitative estimate of drug-likeness (QED) is 0.467. The van der Waals surface area contributed by atoms with Crippen molar-refractivity contribution >= 4 is 58.4 Å². The zero-order valence-corrected chi connectivity index (χ0v) is 15.6. The highest BCUT2D eigenvalue weighted by atomic mass is 35.5. The summed E-state index contributed by atoms with van der Waals surface area (Å²) in [5, 5.41) is 5.94. The van der Waals surface area contributed by atoms with Crippen molar-refractivity contribution in [3.8, 4) is 5.69 Å². The Morgan fingerprint density at radius 3 is 2.36 bits per heavy atom. The molecule has 0 saturated carbocycles. The Bertz CT molecular complexity index is 941. The minimum Gasteiger partial charge on any atom is -0.316 e. The number of nitrogens with zero attached hydrogens (tertiary/aromatic N) is 1. The number of aromatic nitrogens is 1. The first-order chi connectivity index (χ1) is 11.8. The maximum Gasteiger partial charge on any atom is 0.263 e.